The normalized spacial score (nSPS) is 16.5. The number of hydrogen-bond donors (Lipinski definition) is 0. The van der Waals surface area contributed by atoms with Crippen molar-refractivity contribution < 1.29 is 35.9 Å². The van der Waals surface area contributed by atoms with E-state index in [0.717, 1.165) is 48.4 Å². The summed E-state index contributed by atoms with van der Waals surface area (Å²) < 4.78 is 72.0. The number of sulfone groups is 1. The highest BCUT2D eigenvalue weighted by molar-refractivity contribution is 7.92. The summed E-state index contributed by atoms with van der Waals surface area (Å²) in [5.74, 6) is -2.15. The van der Waals surface area contributed by atoms with Crippen molar-refractivity contribution >= 4 is 38.6 Å². The van der Waals surface area contributed by atoms with Crippen molar-refractivity contribution in [2.24, 2.45) is 0 Å². The summed E-state index contributed by atoms with van der Waals surface area (Å²) in [6.07, 6.45) is 1.78. The van der Waals surface area contributed by atoms with E-state index in [1.807, 2.05) is 0 Å². The average Bonchev–Trinajstić information content (AvgIpc) is 3.40. The Balaban J connectivity index is 1.60. The number of aromatic nitrogens is 3. The molecule has 9 nitrogen and oxygen atoms in total. The molecule has 0 atom stereocenters. The summed E-state index contributed by atoms with van der Waals surface area (Å²) >= 11 is 0. The first kappa shape index (κ1) is 26.0. The fourth-order valence-corrected chi connectivity index (χ4v) is 7.00. The third-order valence-corrected chi connectivity index (χ3v) is 8.94. The van der Waals surface area contributed by atoms with E-state index in [9.17, 15) is 31.2 Å². The minimum atomic E-state index is -4.96. The van der Waals surface area contributed by atoms with Crippen LogP contribution in [0, 0.1) is 0 Å². The fourth-order valence-electron chi connectivity index (χ4n) is 5.44. The Bertz CT molecular complexity index is 1730. The molecular formula is C27H21F3N4O5S. The third-order valence-electron chi connectivity index (χ3n) is 7.14. The van der Waals surface area contributed by atoms with Crippen LogP contribution in [-0.4, -0.2) is 41.1 Å². The lowest BCUT2D eigenvalue weighted by Crippen LogP contribution is -2.33. The van der Waals surface area contributed by atoms with Crippen LogP contribution in [-0.2, 0) is 9.84 Å². The molecule has 6 rings (SSSR count). The molecule has 206 valence electrons. The second kappa shape index (κ2) is 9.44. The molecule has 1 aliphatic heterocycles. The quantitative estimate of drug-likeness (QED) is 0.293. The number of carbonyl (C=O) groups excluding carboxylic acids is 2. The summed E-state index contributed by atoms with van der Waals surface area (Å²) in [4.78, 5) is 36.1. The van der Waals surface area contributed by atoms with Crippen molar-refractivity contribution in [3.63, 3.8) is 0 Å². The van der Waals surface area contributed by atoms with E-state index in [1.54, 1.807) is 16.7 Å². The molecule has 0 bridgehead atoms. The number of fused-ring (bicyclic) bond motifs is 2. The third kappa shape index (κ3) is 4.21. The van der Waals surface area contributed by atoms with E-state index in [-0.39, 0.29) is 39.0 Å². The number of nitrogens with zero attached hydrogens (tertiary/aromatic N) is 4. The minimum Gasteiger partial charge on any atom is -0.406 e. The molecule has 1 fully saturated rings. The maximum atomic E-state index is 14.2. The van der Waals surface area contributed by atoms with Gasteiger partial charge in [-0.25, -0.2) is 23.3 Å². The summed E-state index contributed by atoms with van der Waals surface area (Å²) in [6, 6.07) is 9.65. The van der Waals surface area contributed by atoms with Gasteiger partial charge in [-0.1, -0.05) is 31.4 Å². The second-order valence-electron chi connectivity index (χ2n) is 9.56. The van der Waals surface area contributed by atoms with Gasteiger partial charge in [0.25, 0.3) is 11.8 Å². The van der Waals surface area contributed by atoms with Gasteiger partial charge in [0.05, 0.1) is 16.0 Å². The summed E-state index contributed by atoms with van der Waals surface area (Å²) in [6.45, 7) is 0. The zero-order valence-electron chi connectivity index (χ0n) is 20.8. The van der Waals surface area contributed by atoms with Crippen molar-refractivity contribution in [2.45, 2.75) is 54.3 Å². The highest BCUT2D eigenvalue weighted by Gasteiger charge is 2.44. The molecule has 40 heavy (non-hydrogen) atoms. The van der Waals surface area contributed by atoms with Gasteiger partial charge in [0.1, 0.15) is 22.0 Å². The van der Waals surface area contributed by atoms with E-state index in [4.69, 9.17) is 0 Å². The molecule has 0 unspecified atom stereocenters. The number of rotatable bonds is 5. The largest absolute Gasteiger partial charge is 0.573 e. The average molecular weight is 571 g/mol. The monoisotopic (exact) mass is 570 g/mol. The molecular weight excluding hydrogens is 549 g/mol. The molecule has 0 saturated heterocycles. The SMILES string of the molecule is O=C1c2ccccc2C(=O)N1c1c(S(=O)(=O)c2ccc(OC(F)(F)F)cc2)c2nccnc2n1C1CCCCC1. The number of hydrogen-bond acceptors (Lipinski definition) is 7. The van der Waals surface area contributed by atoms with Crippen LogP contribution < -0.4 is 9.64 Å². The first-order valence-corrected chi connectivity index (χ1v) is 14.0. The number of alkyl halides is 3. The molecule has 0 radical (unpaired) electrons. The van der Waals surface area contributed by atoms with Gasteiger partial charge in [-0.2, -0.15) is 0 Å². The Morgan fingerprint density at radius 2 is 1.45 bits per heavy atom. The molecule has 2 aliphatic rings. The summed E-state index contributed by atoms with van der Waals surface area (Å²) in [5, 5.41) is 0. The maximum absolute atomic E-state index is 14.2. The van der Waals surface area contributed by atoms with Gasteiger partial charge in [0, 0.05) is 18.4 Å². The van der Waals surface area contributed by atoms with Crippen LogP contribution in [0.3, 0.4) is 0 Å². The lowest BCUT2D eigenvalue weighted by Gasteiger charge is -2.28. The van der Waals surface area contributed by atoms with E-state index in [1.165, 1.54) is 24.5 Å². The first-order chi connectivity index (χ1) is 19.1. The molecule has 1 saturated carbocycles. The minimum absolute atomic E-state index is 0.0461. The van der Waals surface area contributed by atoms with E-state index in [0.29, 0.717) is 12.8 Å². The lowest BCUT2D eigenvalue weighted by molar-refractivity contribution is -0.274. The van der Waals surface area contributed by atoms with Gasteiger partial charge in [-0.3, -0.25) is 9.59 Å². The van der Waals surface area contributed by atoms with Gasteiger partial charge < -0.3 is 9.30 Å². The fraction of sp³-hybridized carbons (Fsp3) is 0.259. The second-order valence-corrected chi connectivity index (χ2v) is 11.4. The highest BCUT2D eigenvalue weighted by Crippen LogP contribution is 2.45. The Labute approximate surface area is 226 Å². The van der Waals surface area contributed by atoms with Crippen LogP contribution in [0.15, 0.2) is 70.7 Å². The van der Waals surface area contributed by atoms with Crippen LogP contribution in [0.4, 0.5) is 19.0 Å². The van der Waals surface area contributed by atoms with Crippen LogP contribution in [0.2, 0.25) is 0 Å². The molecule has 0 N–H and O–H groups in total. The number of benzene rings is 2. The summed E-state index contributed by atoms with van der Waals surface area (Å²) in [7, 11) is -4.55. The van der Waals surface area contributed by atoms with E-state index < -0.39 is 38.7 Å². The number of halogens is 3. The lowest BCUT2D eigenvalue weighted by atomic mass is 9.95. The van der Waals surface area contributed by atoms with Crippen LogP contribution >= 0.6 is 0 Å². The molecule has 2 aromatic carbocycles. The predicted octanol–water partition coefficient (Wildman–Crippen LogP) is 5.47. The van der Waals surface area contributed by atoms with Gasteiger partial charge in [0.2, 0.25) is 9.84 Å². The van der Waals surface area contributed by atoms with Crippen LogP contribution in [0.1, 0.15) is 58.9 Å². The summed E-state index contributed by atoms with van der Waals surface area (Å²) in [5.41, 5.74) is 0.406. The zero-order valence-corrected chi connectivity index (χ0v) is 21.6. The molecule has 13 heteroatoms. The topological polar surface area (TPSA) is 111 Å². The van der Waals surface area contributed by atoms with Gasteiger partial charge in [0.15, 0.2) is 5.65 Å². The number of amides is 2. The van der Waals surface area contributed by atoms with E-state index >= 15 is 0 Å². The van der Waals surface area contributed by atoms with Crippen molar-refractivity contribution in [1.29, 1.82) is 0 Å². The van der Waals surface area contributed by atoms with Crippen molar-refractivity contribution in [2.75, 3.05) is 4.90 Å². The molecule has 4 aromatic rings. The Morgan fingerprint density at radius 3 is 2.05 bits per heavy atom. The smallest absolute Gasteiger partial charge is 0.406 e. The molecule has 2 amide bonds. The van der Waals surface area contributed by atoms with Crippen molar-refractivity contribution in [1.82, 2.24) is 14.5 Å². The molecule has 0 spiro atoms. The molecule has 3 heterocycles. The number of carbonyl (C=O) groups is 2. The highest BCUT2D eigenvalue weighted by atomic mass is 32.2. The maximum Gasteiger partial charge on any atom is 0.573 e. The Hall–Kier alpha value is -4.26. The molecule has 2 aromatic heterocycles. The molecule has 1 aliphatic carbocycles. The van der Waals surface area contributed by atoms with Crippen LogP contribution in [0.25, 0.3) is 11.2 Å². The van der Waals surface area contributed by atoms with Crippen LogP contribution in [0.5, 0.6) is 5.75 Å². The van der Waals surface area contributed by atoms with Crippen molar-refractivity contribution in [3.05, 3.63) is 72.1 Å². The Kier molecular flexibility index (Phi) is 6.13. The van der Waals surface area contributed by atoms with Crippen molar-refractivity contribution in [3.8, 4) is 5.75 Å². The number of ether oxygens (including phenoxy) is 1. The standard InChI is InChI=1S/C27H21F3N4O5S/c28-27(29,30)39-17-10-12-18(13-11-17)40(37,38)22-21-23(32-15-14-31-21)33(16-6-2-1-3-7-16)24(22)34-25(35)19-8-4-5-9-20(19)26(34)36/h4-5,8-16H,1-3,6-7H2. The van der Waals surface area contributed by atoms with Gasteiger partial charge in [-0.15, -0.1) is 13.2 Å². The number of imide groups is 1. The Morgan fingerprint density at radius 1 is 0.850 bits per heavy atom. The first-order valence-electron chi connectivity index (χ1n) is 12.5. The number of anilines is 1. The van der Waals surface area contributed by atoms with Gasteiger partial charge >= 0.3 is 6.36 Å². The predicted molar refractivity (Wildman–Crippen MR) is 136 cm³/mol. The van der Waals surface area contributed by atoms with Gasteiger partial charge in [-0.05, 0) is 49.2 Å². The van der Waals surface area contributed by atoms with E-state index in [2.05, 4.69) is 14.7 Å². The zero-order chi connectivity index (χ0) is 28.2.